The molecule has 166 valence electrons. The maximum absolute atomic E-state index is 4.83. The molecule has 0 heterocycles. The third-order valence-electron chi connectivity index (χ3n) is 6.74. The summed E-state index contributed by atoms with van der Waals surface area (Å²) in [5.74, 6) is 0. The maximum atomic E-state index is 4.83. The molecular formula is C31H24Cl2Zr. The van der Waals surface area contributed by atoms with Crippen molar-refractivity contribution in [3.05, 3.63) is 126 Å². The van der Waals surface area contributed by atoms with E-state index in [4.69, 9.17) is 4.21 Å². The van der Waals surface area contributed by atoms with Crippen molar-refractivity contribution >= 4 is 16.4 Å². The van der Waals surface area contributed by atoms with Crippen LogP contribution in [0, 0.1) is 0 Å². The molecule has 0 spiro atoms. The van der Waals surface area contributed by atoms with Crippen LogP contribution in [0.4, 0.5) is 0 Å². The van der Waals surface area contributed by atoms with E-state index in [2.05, 4.69) is 109 Å². The van der Waals surface area contributed by atoms with E-state index in [1.54, 1.807) is 6.56 Å². The summed E-state index contributed by atoms with van der Waals surface area (Å²) in [6, 6.07) is 35.1. The molecule has 0 aromatic heterocycles. The minimum Gasteiger partial charge on any atom is -1.00 e. The molecule has 0 saturated carbocycles. The molecule has 2 aliphatic carbocycles. The van der Waals surface area contributed by atoms with Gasteiger partial charge in [-0.05, 0) is 0 Å². The van der Waals surface area contributed by atoms with E-state index in [0.29, 0.717) is 0 Å². The van der Waals surface area contributed by atoms with Gasteiger partial charge in [0.05, 0.1) is 0 Å². The number of rotatable bonds is 4. The summed E-state index contributed by atoms with van der Waals surface area (Å²) in [6.45, 7) is 0. The van der Waals surface area contributed by atoms with Gasteiger partial charge in [-0.3, -0.25) is 0 Å². The minimum absolute atomic E-state index is 0. The molecule has 34 heavy (non-hydrogen) atoms. The second kappa shape index (κ2) is 10.5. The largest absolute Gasteiger partial charge is 1.00 e. The van der Waals surface area contributed by atoms with Gasteiger partial charge in [0.15, 0.2) is 0 Å². The summed E-state index contributed by atoms with van der Waals surface area (Å²) in [5.41, 5.74) is 11.1. The zero-order valence-electron chi connectivity index (χ0n) is 18.8. The summed E-state index contributed by atoms with van der Waals surface area (Å²) in [4.78, 5) is 0. The van der Waals surface area contributed by atoms with Crippen LogP contribution < -0.4 is 24.8 Å². The predicted molar refractivity (Wildman–Crippen MR) is 134 cm³/mol. The van der Waals surface area contributed by atoms with Crippen molar-refractivity contribution in [3.8, 4) is 22.3 Å². The van der Waals surface area contributed by atoms with Gasteiger partial charge < -0.3 is 24.8 Å². The van der Waals surface area contributed by atoms with Crippen molar-refractivity contribution in [2.45, 2.75) is 12.8 Å². The summed E-state index contributed by atoms with van der Waals surface area (Å²) in [6.07, 6.45) is 7.13. The van der Waals surface area contributed by atoms with Crippen molar-refractivity contribution in [1.82, 2.24) is 0 Å². The van der Waals surface area contributed by atoms with Crippen molar-refractivity contribution in [2.75, 3.05) is 0 Å². The first-order valence-corrected chi connectivity index (χ1v) is 15.4. The molecule has 0 saturated heterocycles. The van der Waals surface area contributed by atoms with Gasteiger partial charge in [-0.25, -0.2) is 0 Å². The van der Waals surface area contributed by atoms with E-state index in [1.807, 2.05) is 0 Å². The summed E-state index contributed by atoms with van der Waals surface area (Å²) < 4.78 is 8.07. The molecule has 0 N–H and O–H groups in total. The molecule has 0 aliphatic heterocycles. The van der Waals surface area contributed by atoms with Crippen LogP contribution in [0.3, 0.4) is 0 Å². The van der Waals surface area contributed by atoms with Gasteiger partial charge >= 0.3 is 199 Å². The fraction of sp³-hybridized carbons (Fsp3) is 0.0645. The first-order chi connectivity index (χ1) is 15.8. The summed E-state index contributed by atoms with van der Waals surface area (Å²) in [7, 11) is 0. The monoisotopic (exact) mass is 556 g/mol. The standard InChI is InChI=1S/2C15H11.CH2.2ClH.Zr/c2*1-2-6-12(7-3-1)14-10-4-8-13-9-5-11-15(13)14;;;;/h2*1-4,6-8,10-11H,9H2;1H2;2*1H;/q;;;;;+2/p-2. The Morgan fingerprint density at radius 3 is 1.32 bits per heavy atom. The first-order valence-electron chi connectivity index (χ1n) is 11.2. The summed E-state index contributed by atoms with van der Waals surface area (Å²) >= 11 is -2.12. The minimum atomic E-state index is -2.12. The molecule has 0 fully saturated rings. The van der Waals surface area contributed by atoms with Gasteiger partial charge in [-0.1, -0.05) is 0 Å². The number of fused-ring (bicyclic) bond motifs is 2. The van der Waals surface area contributed by atoms with Crippen LogP contribution in [0.5, 0.6) is 0 Å². The zero-order chi connectivity index (χ0) is 21.5. The van der Waals surface area contributed by atoms with Crippen LogP contribution in [0.25, 0.3) is 34.4 Å². The topological polar surface area (TPSA) is 0 Å². The number of benzene rings is 4. The molecule has 3 heteroatoms. The smallest absolute Gasteiger partial charge is 1.00 e. The quantitative estimate of drug-likeness (QED) is 0.357. The van der Waals surface area contributed by atoms with Crippen LogP contribution in [-0.2, 0) is 34.1 Å². The molecule has 6 rings (SSSR count). The molecule has 4 aromatic carbocycles. The Labute approximate surface area is 222 Å². The van der Waals surface area contributed by atoms with Crippen molar-refractivity contribution in [3.63, 3.8) is 0 Å². The predicted octanol–water partition coefficient (Wildman–Crippen LogP) is 1.57. The number of hydrogen-bond acceptors (Lipinski definition) is 0. The number of allylic oxidation sites excluding steroid dienone is 2. The average molecular weight is 559 g/mol. The fourth-order valence-electron chi connectivity index (χ4n) is 5.07. The molecule has 0 radical (unpaired) electrons. The van der Waals surface area contributed by atoms with Gasteiger partial charge in [0.1, 0.15) is 0 Å². The molecule has 2 aliphatic rings. The van der Waals surface area contributed by atoms with E-state index in [1.165, 1.54) is 44.5 Å². The second-order valence-corrected chi connectivity index (χ2v) is 14.2. The van der Waals surface area contributed by atoms with Crippen molar-refractivity contribution in [2.24, 2.45) is 0 Å². The Hall–Kier alpha value is -2.31. The van der Waals surface area contributed by atoms with Gasteiger partial charge in [0.2, 0.25) is 0 Å². The Kier molecular flexibility index (Phi) is 7.68. The molecule has 0 amide bonds. The molecule has 0 unspecified atom stereocenters. The van der Waals surface area contributed by atoms with E-state index in [-0.39, 0.29) is 24.8 Å². The third-order valence-corrected chi connectivity index (χ3v) is 12.1. The van der Waals surface area contributed by atoms with Crippen LogP contribution in [0.1, 0.15) is 22.3 Å². The Morgan fingerprint density at radius 2 is 0.912 bits per heavy atom. The van der Waals surface area contributed by atoms with E-state index < -0.39 is 21.3 Å². The van der Waals surface area contributed by atoms with Crippen molar-refractivity contribution < 1.29 is 46.1 Å². The number of halogens is 2. The van der Waals surface area contributed by atoms with Crippen molar-refractivity contribution in [1.29, 1.82) is 0 Å². The Bertz CT molecular complexity index is 1310. The van der Waals surface area contributed by atoms with Crippen LogP contribution in [0.15, 0.2) is 104 Å². The Morgan fingerprint density at radius 1 is 0.500 bits per heavy atom. The molecule has 0 bridgehead atoms. The zero-order valence-corrected chi connectivity index (χ0v) is 22.7. The van der Waals surface area contributed by atoms with E-state index >= 15 is 0 Å². The Balaban J connectivity index is 0.00000137. The van der Waals surface area contributed by atoms with Gasteiger partial charge in [-0.15, -0.1) is 0 Å². The number of hydrogen-bond donors (Lipinski definition) is 0. The van der Waals surface area contributed by atoms with Gasteiger partial charge in [-0.2, -0.15) is 0 Å². The molecule has 0 atom stereocenters. The first kappa shape index (κ1) is 24.8. The molecular weight excluding hydrogens is 534 g/mol. The van der Waals surface area contributed by atoms with Crippen LogP contribution >= 0.6 is 0 Å². The fourth-order valence-corrected chi connectivity index (χ4v) is 9.63. The SMILES string of the molecule is [CH2]=[Zr+2]([C]1=Cc2c(cccc2-c2ccccc2)C1)[C]1=Cc2c(cccc2-c2ccccc2)C1.[Cl-].[Cl-]. The van der Waals surface area contributed by atoms with Crippen LogP contribution in [0.2, 0.25) is 0 Å². The molecule has 4 aromatic rings. The normalized spacial score (nSPS) is 12.8. The average Bonchev–Trinajstić information content (AvgIpc) is 3.49. The van der Waals surface area contributed by atoms with Gasteiger partial charge in [0.25, 0.3) is 0 Å². The van der Waals surface area contributed by atoms with E-state index in [0.717, 1.165) is 12.8 Å². The third kappa shape index (κ3) is 4.50. The second-order valence-electron chi connectivity index (χ2n) is 8.66. The van der Waals surface area contributed by atoms with Crippen LogP contribution in [-0.4, -0.2) is 4.21 Å². The maximum Gasteiger partial charge on any atom is -1.00 e. The summed E-state index contributed by atoms with van der Waals surface area (Å²) in [5, 5.41) is 0. The van der Waals surface area contributed by atoms with E-state index in [9.17, 15) is 0 Å². The molecule has 0 nitrogen and oxygen atoms in total. The van der Waals surface area contributed by atoms with Gasteiger partial charge in [0, 0.05) is 0 Å².